The van der Waals surface area contributed by atoms with Gasteiger partial charge in [0.25, 0.3) is 0 Å². The molecule has 0 aliphatic carbocycles. The molecule has 0 bridgehead atoms. The molecule has 90 valence electrons. The van der Waals surface area contributed by atoms with Crippen molar-refractivity contribution in [3.8, 4) is 0 Å². The van der Waals surface area contributed by atoms with Crippen LogP contribution < -0.4 is 11.5 Å². The average molecular weight is 238 g/mol. The minimum absolute atomic E-state index is 0.127. The third-order valence-electron chi connectivity index (χ3n) is 2.40. The molecule has 0 fully saturated rings. The summed E-state index contributed by atoms with van der Waals surface area (Å²) in [7, 11) is 0. The molecule has 0 aliphatic rings. The molecule has 0 saturated carbocycles. The van der Waals surface area contributed by atoms with Gasteiger partial charge < -0.3 is 11.5 Å². The molecular formula is C13H22N2S. The lowest BCUT2D eigenvalue weighted by Crippen LogP contribution is -2.12. The summed E-state index contributed by atoms with van der Waals surface area (Å²) in [5.74, 6) is 0. The fraction of sp³-hybridized carbons (Fsp3) is 0.538. The first-order chi connectivity index (χ1) is 7.63. The van der Waals surface area contributed by atoms with Gasteiger partial charge in [-0.25, -0.2) is 0 Å². The highest BCUT2D eigenvalue weighted by atomic mass is 32.2. The second-order valence-corrected chi connectivity index (χ2v) is 5.92. The molecule has 0 amide bonds. The van der Waals surface area contributed by atoms with Crippen LogP contribution in [0.4, 0.5) is 0 Å². The Kier molecular flexibility index (Phi) is 5.88. The largest absolute Gasteiger partial charge is 0.330 e. The minimum atomic E-state index is 0.127. The van der Waals surface area contributed by atoms with E-state index in [-0.39, 0.29) is 6.04 Å². The van der Waals surface area contributed by atoms with Crippen LogP contribution in [-0.2, 0) is 0 Å². The van der Waals surface area contributed by atoms with E-state index in [1.807, 2.05) is 11.8 Å². The monoisotopic (exact) mass is 238 g/mol. The van der Waals surface area contributed by atoms with E-state index < -0.39 is 0 Å². The van der Waals surface area contributed by atoms with Crippen LogP contribution in [-0.4, -0.2) is 11.8 Å². The van der Waals surface area contributed by atoms with Gasteiger partial charge in [-0.2, -0.15) is 0 Å². The van der Waals surface area contributed by atoms with E-state index >= 15 is 0 Å². The van der Waals surface area contributed by atoms with Crippen molar-refractivity contribution < 1.29 is 0 Å². The fourth-order valence-corrected chi connectivity index (χ4v) is 2.41. The summed E-state index contributed by atoms with van der Waals surface area (Å²) in [4.78, 5) is 1.31. The lowest BCUT2D eigenvalue weighted by Gasteiger charge is -2.12. The van der Waals surface area contributed by atoms with Crippen molar-refractivity contribution in [1.29, 1.82) is 0 Å². The van der Waals surface area contributed by atoms with Crippen molar-refractivity contribution in [1.82, 2.24) is 0 Å². The molecule has 2 nitrogen and oxygen atoms in total. The number of hydrogen-bond donors (Lipinski definition) is 2. The molecule has 0 saturated heterocycles. The first kappa shape index (κ1) is 13.6. The molecule has 0 spiro atoms. The maximum Gasteiger partial charge on any atom is 0.0295 e. The van der Waals surface area contributed by atoms with Crippen LogP contribution in [0.15, 0.2) is 29.2 Å². The van der Waals surface area contributed by atoms with Gasteiger partial charge in [0.05, 0.1) is 0 Å². The molecular weight excluding hydrogens is 216 g/mol. The summed E-state index contributed by atoms with van der Waals surface area (Å²) in [5, 5.41) is 0.622. The lowest BCUT2D eigenvalue weighted by molar-refractivity contribution is 0.617. The highest BCUT2D eigenvalue weighted by molar-refractivity contribution is 7.99. The molecule has 16 heavy (non-hydrogen) atoms. The van der Waals surface area contributed by atoms with Crippen molar-refractivity contribution in [3.05, 3.63) is 29.8 Å². The Morgan fingerprint density at radius 3 is 2.31 bits per heavy atom. The highest BCUT2D eigenvalue weighted by Crippen LogP contribution is 2.24. The second kappa shape index (κ2) is 6.94. The first-order valence-corrected chi connectivity index (χ1v) is 6.73. The molecule has 0 aromatic heterocycles. The molecule has 1 unspecified atom stereocenters. The minimum Gasteiger partial charge on any atom is -0.330 e. The van der Waals surface area contributed by atoms with Crippen molar-refractivity contribution in [3.63, 3.8) is 0 Å². The van der Waals surface area contributed by atoms with Crippen molar-refractivity contribution in [2.24, 2.45) is 11.5 Å². The van der Waals surface area contributed by atoms with Crippen molar-refractivity contribution in [2.75, 3.05) is 6.54 Å². The standard InChI is InChI=1S/C13H22N2S/c1-10(2)16-12-7-5-11(6-8-12)13(15)4-3-9-14/h5-8,10,13H,3-4,9,14-15H2,1-2H3. The summed E-state index contributed by atoms with van der Waals surface area (Å²) < 4.78 is 0. The normalized spacial score (nSPS) is 13.1. The number of rotatable bonds is 6. The van der Waals surface area contributed by atoms with Crippen LogP contribution in [0.5, 0.6) is 0 Å². The van der Waals surface area contributed by atoms with Crippen LogP contribution in [0.3, 0.4) is 0 Å². The molecule has 0 radical (unpaired) electrons. The SMILES string of the molecule is CC(C)Sc1ccc(C(N)CCCN)cc1. The highest BCUT2D eigenvalue weighted by Gasteiger charge is 2.05. The van der Waals surface area contributed by atoms with E-state index in [2.05, 4.69) is 38.1 Å². The van der Waals surface area contributed by atoms with Gasteiger partial charge in [-0.1, -0.05) is 26.0 Å². The van der Waals surface area contributed by atoms with Crippen LogP contribution in [0, 0.1) is 0 Å². The number of benzene rings is 1. The van der Waals surface area contributed by atoms with E-state index in [0.717, 1.165) is 19.4 Å². The van der Waals surface area contributed by atoms with E-state index in [1.54, 1.807) is 0 Å². The number of hydrogen-bond acceptors (Lipinski definition) is 3. The molecule has 0 aliphatic heterocycles. The quantitative estimate of drug-likeness (QED) is 0.749. The van der Waals surface area contributed by atoms with Gasteiger partial charge in [-0.3, -0.25) is 0 Å². The number of thioether (sulfide) groups is 1. The van der Waals surface area contributed by atoms with E-state index in [9.17, 15) is 0 Å². The summed E-state index contributed by atoms with van der Waals surface area (Å²) in [6.07, 6.45) is 1.96. The summed E-state index contributed by atoms with van der Waals surface area (Å²) in [6, 6.07) is 8.70. The Balaban J connectivity index is 2.56. The van der Waals surface area contributed by atoms with Crippen LogP contribution in [0.1, 0.15) is 38.3 Å². The van der Waals surface area contributed by atoms with Gasteiger partial charge in [0.15, 0.2) is 0 Å². The molecule has 0 heterocycles. The Labute approximate surface area is 103 Å². The molecule has 4 N–H and O–H groups in total. The zero-order valence-corrected chi connectivity index (χ0v) is 11.0. The molecule has 1 rings (SSSR count). The zero-order chi connectivity index (χ0) is 12.0. The summed E-state index contributed by atoms with van der Waals surface area (Å²) >= 11 is 1.88. The lowest BCUT2D eigenvalue weighted by atomic mass is 10.0. The zero-order valence-electron chi connectivity index (χ0n) is 10.1. The van der Waals surface area contributed by atoms with Crippen LogP contribution in [0.25, 0.3) is 0 Å². The van der Waals surface area contributed by atoms with Gasteiger partial charge in [-0.15, -0.1) is 11.8 Å². The Morgan fingerprint density at radius 2 is 1.81 bits per heavy atom. The second-order valence-electron chi connectivity index (χ2n) is 4.27. The maximum absolute atomic E-state index is 6.07. The third kappa shape index (κ3) is 4.56. The van der Waals surface area contributed by atoms with Gasteiger partial charge in [0, 0.05) is 16.2 Å². The smallest absolute Gasteiger partial charge is 0.0295 e. The predicted octanol–water partition coefficient (Wildman–Crippen LogP) is 2.93. The Bertz CT molecular complexity index is 295. The average Bonchev–Trinajstić information content (AvgIpc) is 2.26. The molecule has 1 atom stereocenters. The molecule has 1 aromatic carbocycles. The van der Waals surface area contributed by atoms with Crippen LogP contribution >= 0.6 is 11.8 Å². The van der Waals surface area contributed by atoms with Gasteiger partial charge in [0.2, 0.25) is 0 Å². The van der Waals surface area contributed by atoms with Crippen molar-refractivity contribution in [2.45, 2.75) is 42.9 Å². The summed E-state index contributed by atoms with van der Waals surface area (Å²) in [6.45, 7) is 5.12. The van der Waals surface area contributed by atoms with Crippen LogP contribution in [0.2, 0.25) is 0 Å². The van der Waals surface area contributed by atoms with E-state index in [4.69, 9.17) is 11.5 Å². The van der Waals surface area contributed by atoms with E-state index in [1.165, 1.54) is 10.5 Å². The summed E-state index contributed by atoms with van der Waals surface area (Å²) in [5.41, 5.74) is 12.8. The maximum atomic E-state index is 6.07. The Hall–Kier alpha value is -0.510. The van der Waals surface area contributed by atoms with Gasteiger partial charge in [-0.05, 0) is 37.1 Å². The fourth-order valence-electron chi connectivity index (χ4n) is 1.57. The van der Waals surface area contributed by atoms with E-state index in [0.29, 0.717) is 5.25 Å². The predicted molar refractivity (Wildman–Crippen MR) is 72.7 cm³/mol. The third-order valence-corrected chi connectivity index (χ3v) is 3.42. The molecule has 3 heteroatoms. The Morgan fingerprint density at radius 1 is 1.19 bits per heavy atom. The topological polar surface area (TPSA) is 52.0 Å². The van der Waals surface area contributed by atoms with Gasteiger partial charge >= 0.3 is 0 Å². The van der Waals surface area contributed by atoms with Crippen molar-refractivity contribution >= 4 is 11.8 Å². The first-order valence-electron chi connectivity index (χ1n) is 5.85. The molecule has 1 aromatic rings. The number of nitrogens with two attached hydrogens (primary N) is 2. The van der Waals surface area contributed by atoms with Gasteiger partial charge in [0.1, 0.15) is 0 Å².